The Kier molecular flexibility index (Phi) is 11.2. The van der Waals surface area contributed by atoms with Crippen LogP contribution in [0.4, 0.5) is 0 Å². The summed E-state index contributed by atoms with van der Waals surface area (Å²) in [5.74, 6) is 0. The number of aromatic nitrogens is 3. The summed E-state index contributed by atoms with van der Waals surface area (Å²) in [6.07, 6.45) is 0. The van der Waals surface area contributed by atoms with Gasteiger partial charge in [0.15, 0.2) is 0 Å². The van der Waals surface area contributed by atoms with Crippen LogP contribution in [0, 0.1) is 22.7 Å². The molecule has 0 amide bonds. The molecule has 0 spiro atoms. The minimum Gasteiger partial charge on any atom is -0.306 e. The van der Waals surface area contributed by atoms with Gasteiger partial charge in [0.05, 0.1) is 56.0 Å². The smallest absolute Gasteiger partial charge is 0.101 e. The number of pyridine rings is 1. The van der Waals surface area contributed by atoms with Crippen LogP contribution < -0.4 is 0 Å². The Morgan fingerprint density at radius 3 is 0.833 bits per heavy atom. The van der Waals surface area contributed by atoms with Crippen LogP contribution in [-0.4, -0.2) is 14.1 Å². The summed E-state index contributed by atoms with van der Waals surface area (Å²) in [5.41, 5.74) is 20.1. The molecule has 3 aromatic heterocycles. The Bertz CT molecular complexity index is 4250. The van der Waals surface area contributed by atoms with Crippen molar-refractivity contribution in [3.05, 3.63) is 284 Å². The summed E-state index contributed by atoms with van der Waals surface area (Å²) >= 11 is 0. The molecule has 0 saturated carbocycles. The minimum atomic E-state index is 0.288. The third-order valence-corrected chi connectivity index (χ3v) is 15.2. The molecule has 0 saturated heterocycles. The summed E-state index contributed by atoms with van der Waals surface area (Å²) in [5, 5.41) is 25.7. The number of benzene rings is 11. The fourth-order valence-corrected chi connectivity index (χ4v) is 11.5. The van der Waals surface area contributed by atoms with Crippen molar-refractivity contribution >= 4 is 43.6 Å². The van der Waals surface area contributed by atoms with Gasteiger partial charge >= 0.3 is 0 Å². The molecule has 0 fully saturated rings. The average Bonchev–Trinajstić information content (AvgIpc) is 4.19. The fraction of sp³-hybridized carbons (Fsp3) is 0. The van der Waals surface area contributed by atoms with Gasteiger partial charge in [0.2, 0.25) is 0 Å². The lowest BCUT2D eigenvalue weighted by molar-refractivity contribution is 1.10. The first-order valence-electron chi connectivity index (χ1n) is 26.1. The van der Waals surface area contributed by atoms with Crippen LogP contribution in [0.1, 0.15) is 11.1 Å². The molecule has 362 valence electrons. The Labute approximate surface area is 451 Å². The van der Waals surface area contributed by atoms with E-state index in [-0.39, 0.29) is 5.56 Å². The van der Waals surface area contributed by atoms with Gasteiger partial charge < -0.3 is 9.13 Å². The van der Waals surface area contributed by atoms with Crippen LogP contribution in [0.3, 0.4) is 0 Å². The molecular weight excluding hydrogens is 947 g/mol. The standard InChI is InChI=1S/C73H45N5/c74-46-59-32-31-58(41-60(59)47-75)69-72(77-65-37-33-54(48-19-7-1-8-20-48)42-61(65)62-43-55(34-38-66(62)77)49-21-9-2-10-22-49)70(52-27-15-5-16-28-52)76-71(53-29-17-6-18-30-53)73(69)78-67-39-35-56(50-23-11-3-12-24-50)44-63(67)64-45-57(36-40-68(64)78)51-25-13-4-14-26-51/h1-45H. The van der Waals surface area contributed by atoms with E-state index in [4.69, 9.17) is 4.98 Å². The molecule has 78 heavy (non-hydrogen) atoms. The maximum absolute atomic E-state index is 10.9. The van der Waals surface area contributed by atoms with Crippen molar-refractivity contribution < 1.29 is 0 Å². The highest BCUT2D eigenvalue weighted by Crippen LogP contribution is 2.50. The average molecular weight is 992 g/mol. The van der Waals surface area contributed by atoms with Gasteiger partial charge in [0.1, 0.15) is 12.1 Å². The summed E-state index contributed by atoms with van der Waals surface area (Å²) in [7, 11) is 0. The molecule has 14 rings (SSSR count). The largest absolute Gasteiger partial charge is 0.306 e. The summed E-state index contributed by atoms with van der Waals surface area (Å²) in [6, 6.07) is 101. The van der Waals surface area contributed by atoms with E-state index in [1.165, 1.54) is 0 Å². The van der Waals surface area contributed by atoms with E-state index in [1.807, 2.05) is 24.3 Å². The highest BCUT2D eigenvalue weighted by atomic mass is 15.1. The minimum absolute atomic E-state index is 0.288. The summed E-state index contributed by atoms with van der Waals surface area (Å²) in [4.78, 5) is 6.02. The van der Waals surface area contributed by atoms with Crippen molar-refractivity contribution in [3.8, 4) is 102 Å². The van der Waals surface area contributed by atoms with Crippen LogP contribution in [0.5, 0.6) is 0 Å². The third-order valence-electron chi connectivity index (χ3n) is 15.2. The number of hydrogen-bond donors (Lipinski definition) is 0. The molecule has 0 N–H and O–H groups in total. The highest BCUT2D eigenvalue weighted by Gasteiger charge is 2.31. The molecule has 0 bridgehead atoms. The first kappa shape index (κ1) is 45.7. The van der Waals surface area contributed by atoms with E-state index < -0.39 is 0 Å². The molecule has 0 aliphatic rings. The topological polar surface area (TPSA) is 70.3 Å². The van der Waals surface area contributed by atoms with E-state index in [0.29, 0.717) is 5.56 Å². The van der Waals surface area contributed by atoms with Gasteiger partial charge in [0.25, 0.3) is 0 Å². The Morgan fingerprint density at radius 2 is 0.538 bits per heavy atom. The van der Waals surface area contributed by atoms with E-state index in [2.05, 4.69) is 264 Å². The molecule has 0 atom stereocenters. The Morgan fingerprint density at radius 1 is 0.256 bits per heavy atom. The van der Waals surface area contributed by atoms with Crippen molar-refractivity contribution in [2.45, 2.75) is 0 Å². The Hall–Kier alpha value is -10.9. The van der Waals surface area contributed by atoms with Gasteiger partial charge in [-0.3, -0.25) is 0 Å². The third kappa shape index (κ3) is 7.74. The zero-order valence-electron chi connectivity index (χ0n) is 42.2. The summed E-state index contributed by atoms with van der Waals surface area (Å²) < 4.78 is 4.80. The molecule has 5 nitrogen and oxygen atoms in total. The van der Waals surface area contributed by atoms with Crippen molar-refractivity contribution in [3.63, 3.8) is 0 Å². The SMILES string of the molecule is N#Cc1ccc(-c2c(-n3c4ccc(-c5ccccc5)cc4c4cc(-c5ccccc5)ccc43)c(-c3ccccc3)nc(-c3ccccc3)c2-n2c3ccc(-c4ccccc4)cc3c3cc(-c4ccccc4)ccc32)cc1C#N. The van der Waals surface area contributed by atoms with Crippen LogP contribution in [0.15, 0.2) is 273 Å². The van der Waals surface area contributed by atoms with Gasteiger partial charge in [-0.05, 0) is 111 Å². The second-order valence-electron chi connectivity index (χ2n) is 19.7. The van der Waals surface area contributed by atoms with E-state index in [1.54, 1.807) is 6.07 Å². The summed E-state index contributed by atoms with van der Waals surface area (Å²) in [6.45, 7) is 0. The lowest BCUT2D eigenvalue weighted by Gasteiger charge is -2.26. The van der Waals surface area contributed by atoms with Gasteiger partial charge in [0, 0.05) is 38.2 Å². The first-order chi connectivity index (χ1) is 38.6. The van der Waals surface area contributed by atoms with Crippen molar-refractivity contribution in [1.82, 2.24) is 14.1 Å². The highest BCUT2D eigenvalue weighted by molar-refractivity contribution is 6.16. The van der Waals surface area contributed by atoms with Crippen LogP contribution in [-0.2, 0) is 0 Å². The van der Waals surface area contributed by atoms with Crippen molar-refractivity contribution in [2.24, 2.45) is 0 Å². The lowest BCUT2D eigenvalue weighted by atomic mass is 9.92. The Balaban J connectivity index is 1.20. The second kappa shape index (κ2) is 19.1. The van der Waals surface area contributed by atoms with Gasteiger partial charge in [-0.15, -0.1) is 0 Å². The molecule has 3 heterocycles. The van der Waals surface area contributed by atoms with Crippen LogP contribution in [0.2, 0.25) is 0 Å². The number of nitriles is 2. The maximum atomic E-state index is 10.9. The molecule has 0 aliphatic heterocycles. The zero-order valence-corrected chi connectivity index (χ0v) is 42.2. The van der Waals surface area contributed by atoms with E-state index in [9.17, 15) is 10.5 Å². The van der Waals surface area contributed by atoms with Gasteiger partial charge in [-0.1, -0.05) is 212 Å². The molecule has 0 radical (unpaired) electrons. The molecule has 14 aromatic rings. The van der Waals surface area contributed by atoms with Crippen LogP contribution in [0.25, 0.3) is 133 Å². The maximum Gasteiger partial charge on any atom is 0.101 e. The quantitative estimate of drug-likeness (QED) is 0.145. The number of fused-ring (bicyclic) bond motifs is 6. The fourth-order valence-electron chi connectivity index (χ4n) is 11.5. The van der Waals surface area contributed by atoms with Crippen molar-refractivity contribution in [2.75, 3.05) is 0 Å². The molecule has 0 unspecified atom stereocenters. The predicted molar refractivity (Wildman–Crippen MR) is 320 cm³/mol. The lowest BCUT2D eigenvalue weighted by Crippen LogP contribution is -2.10. The number of nitrogens with zero attached hydrogens (tertiary/aromatic N) is 5. The second-order valence-corrected chi connectivity index (χ2v) is 19.7. The van der Waals surface area contributed by atoms with E-state index >= 15 is 0 Å². The predicted octanol–water partition coefficient (Wildman–Crippen LogP) is 18.7. The monoisotopic (exact) mass is 991 g/mol. The first-order valence-corrected chi connectivity index (χ1v) is 26.1. The van der Waals surface area contributed by atoms with Crippen LogP contribution >= 0.6 is 0 Å². The molecule has 0 aliphatic carbocycles. The number of rotatable bonds is 9. The molecule has 5 heteroatoms. The van der Waals surface area contributed by atoms with E-state index in [0.717, 1.165) is 133 Å². The molecule has 11 aromatic carbocycles. The van der Waals surface area contributed by atoms with Crippen molar-refractivity contribution in [1.29, 1.82) is 10.5 Å². The number of hydrogen-bond acceptors (Lipinski definition) is 3. The van der Waals surface area contributed by atoms with Gasteiger partial charge in [-0.2, -0.15) is 10.5 Å². The normalized spacial score (nSPS) is 11.3. The zero-order chi connectivity index (χ0) is 52.1. The molecular formula is C73H45N5. The van der Waals surface area contributed by atoms with Gasteiger partial charge in [-0.25, -0.2) is 4.98 Å².